The van der Waals surface area contributed by atoms with E-state index in [9.17, 15) is 18.4 Å². The van der Waals surface area contributed by atoms with Crippen molar-refractivity contribution in [3.05, 3.63) is 48.4 Å². The van der Waals surface area contributed by atoms with Gasteiger partial charge in [-0.2, -0.15) is 0 Å². The van der Waals surface area contributed by atoms with Crippen molar-refractivity contribution < 1.29 is 23.1 Å². The zero-order chi connectivity index (χ0) is 22.5. The molecule has 0 unspecified atom stereocenters. The average Bonchev–Trinajstić information content (AvgIpc) is 3.41. The molecule has 5 rings (SSSR count). The number of fused-ring (bicyclic) bond motifs is 1. The molecule has 0 aromatic carbocycles. The van der Waals surface area contributed by atoms with Crippen molar-refractivity contribution in [2.75, 3.05) is 31.1 Å². The summed E-state index contributed by atoms with van der Waals surface area (Å²) in [5, 5.41) is 0.749. The number of amides is 2. The zero-order valence-electron chi connectivity index (χ0n) is 17.4. The largest absolute Gasteiger partial charge is 0.447 e. The van der Waals surface area contributed by atoms with Gasteiger partial charge in [-0.1, -0.05) is 6.92 Å². The van der Waals surface area contributed by atoms with E-state index in [1.54, 1.807) is 18.3 Å². The summed E-state index contributed by atoms with van der Waals surface area (Å²) in [7, 11) is 0. The van der Waals surface area contributed by atoms with Crippen LogP contribution in [0.4, 0.5) is 19.4 Å². The van der Waals surface area contributed by atoms with Gasteiger partial charge in [0, 0.05) is 43.2 Å². The molecular formula is C22H21F2N5O3. The molecule has 0 radical (unpaired) electrons. The Kier molecular flexibility index (Phi) is 4.79. The molecule has 32 heavy (non-hydrogen) atoms. The van der Waals surface area contributed by atoms with Gasteiger partial charge in [0.2, 0.25) is 0 Å². The Morgan fingerprint density at radius 1 is 1.19 bits per heavy atom. The minimum Gasteiger partial charge on any atom is -0.447 e. The molecule has 3 aromatic rings. The highest BCUT2D eigenvalue weighted by molar-refractivity contribution is 5.97. The first kappa shape index (κ1) is 20.3. The first-order valence-electron chi connectivity index (χ1n) is 10.4. The van der Waals surface area contributed by atoms with Gasteiger partial charge >= 0.3 is 6.09 Å². The van der Waals surface area contributed by atoms with Gasteiger partial charge in [0.05, 0.1) is 24.0 Å². The first-order chi connectivity index (χ1) is 15.3. The Labute approximate surface area is 182 Å². The molecule has 3 aromatic heterocycles. The molecule has 0 N–H and O–H groups in total. The zero-order valence-corrected chi connectivity index (χ0v) is 17.4. The van der Waals surface area contributed by atoms with E-state index < -0.39 is 17.9 Å². The van der Waals surface area contributed by atoms with E-state index in [4.69, 9.17) is 4.74 Å². The Balaban J connectivity index is 1.37. The number of hydrogen-bond donors (Lipinski definition) is 0. The van der Waals surface area contributed by atoms with Crippen LogP contribution in [0, 0.1) is 5.92 Å². The van der Waals surface area contributed by atoms with Gasteiger partial charge in [0.1, 0.15) is 18.1 Å². The highest BCUT2D eigenvalue weighted by Crippen LogP contribution is 2.33. The predicted octanol–water partition coefficient (Wildman–Crippen LogP) is 3.49. The second kappa shape index (κ2) is 7.54. The van der Waals surface area contributed by atoms with Crippen LogP contribution < -0.4 is 4.90 Å². The second-order valence-corrected chi connectivity index (χ2v) is 8.13. The molecule has 0 aliphatic carbocycles. The van der Waals surface area contributed by atoms with Crippen molar-refractivity contribution in [3.63, 3.8) is 0 Å². The summed E-state index contributed by atoms with van der Waals surface area (Å²) in [6, 6.07) is 7.11. The molecule has 0 spiro atoms. The number of nitrogens with zero attached hydrogens (tertiary/aromatic N) is 5. The van der Waals surface area contributed by atoms with Gasteiger partial charge in [0.15, 0.2) is 0 Å². The van der Waals surface area contributed by atoms with Gasteiger partial charge < -0.3 is 9.64 Å². The monoisotopic (exact) mass is 441 g/mol. The maximum absolute atomic E-state index is 13.8. The first-order valence-corrected chi connectivity index (χ1v) is 10.4. The second-order valence-electron chi connectivity index (χ2n) is 8.13. The lowest BCUT2D eigenvalue weighted by Crippen LogP contribution is -2.48. The Morgan fingerprint density at radius 2 is 2.03 bits per heavy atom. The van der Waals surface area contributed by atoms with Crippen LogP contribution in [-0.4, -0.2) is 63.6 Å². The molecule has 1 atom stereocenters. The van der Waals surface area contributed by atoms with E-state index in [0.29, 0.717) is 30.2 Å². The Hall–Kier alpha value is -3.56. The van der Waals surface area contributed by atoms with E-state index in [1.165, 1.54) is 22.9 Å². The van der Waals surface area contributed by atoms with Crippen molar-refractivity contribution in [1.29, 1.82) is 0 Å². The fourth-order valence-corrected chi connectivity index (χ4v) is 4.08. The maximum atomic E-state index is 13.8. The number of rotatable bonds is 3. The quantitative estimate of drug-likeness (QED) is 0.622. The van der Waals surface area contributed by atoms with Crippen molar-refractivity contribution >= 4 is 28.9 Å². The SMILES string of the molecule is C[C@@H]1CN(C(=O)c2cnc3c(ccn3-c3ccc(N4CCOC4=O)nc3)c2)CCC1(F)F. The number of piperidine rings is 1. The number of alkyl halides is 2. The van der Waals surface area contributed by atoms with Gasteiger partial charge in [-0.15, -0.1) is 0 Å². The number of anilines is 1. The molecule has 2 saturated heterocycles. The standard InChI is InChI=1S/C22H21F2N5O3/c1-14-13-27(7-5-22(14,23)24)20(30)16-10-15-4-6-28(19(15)26-11-16)17-2-3-18(25-12-17)29-8-9-32-21(29)31/h2-4,6,10-12,14H,5,7-9,13H2,1H3/t14-/m1/s1. The fraction of sp³-hybridized carbons (Fsp3) is 0.364. The summed E-state index contributed by atoms with van der Waals surface area (Å²) in [4.78, 5) is 36.3. The Bertz CT molecular complexity index is 1190. The molecule has 2 amide bonds. The van der Waals surface area contributed by atoms with Crippen molar-refractivity contribution in [2.45, 2.75) is 19.3 Å². The van der Waals surface area contributed by atoms with Crippen LogP contribution in [0.1, 0.15) is 23.7 Å². The Morgan fingerprint density at radius 3 is 2.72 bits per heavy atom. The number of carbonyl (C=O) groups excluding carboxylic acids is 2. The minimum atomic E-state index is -2.74. The van der Waals surface area contributed by atoms with Crippen LogP contribution in [0.3, 0.4) is 0 Å². The molecule has 8 nitrogen and oxygen atoms in total. The topological polar surface area (TPSA) is 80.6 Å². The van der Waals surface area contributed by atoms with Gasteiger partial charge in [0.25, 0.3) is 11.8 Å². The summed E-state index contributed by atoms with van der Waals surface area (Å²) in [6.45, 7) is 2.32. The van der Waals surface area contributed by atoms with Crippen LogP contribution in [-0.2, 0) is 4.74 Å². The molecule has 5 heterocycles. The maximum Gasteiger partial charge on any atom is 0.415 e. The molecule has 2 fully saturated rings. The van der Waals surface area contributed by atoms with Crippen LogP contribution in [0.2, 0.25) is 0 Å². The number of halogens is 2. The average molecular weight is 441 g/mol. The van der Waals surface area contributed by atoms with E-state index in [1.807, 2.05) is 22.9 Å². The summed E-state index contributed by atoms with van der Waals surface area (Å²) >= 11 is 0. The summed E-state index contributed by atoms with van der Waals surface area (Å²) in [5.74, 6) is -3.40. The third kappa shape index (κ3) is 3.45. The lowest BCUT2D eigenvalue weighted by Gasteiger charge is -2.36. The number of pyridine rings is 2. The highest BCUT2D eigenvalue weighted by Gasteiger charge is 2.42. The van der Waals surface area contributed by atoms with Crippen LogP contribution in [0.5, 0.6) is 0 Å². The van der Waals surface area contributed by atoms with E-state index in [0.717, 1.165) is 11.1 Å². The summed E-state index contributed by atoms with van der Waals surface area (Å²) in [6.07, 6.45) is 4.18. The van der Waals surface area contributed by atoms with Crippen molar-refractivity contribution in [2.24, 2.45) is 5.92 Å². The van der Waals surface area contributed by atoms with Gasteiger partial charge in [-0.25, -0.2) is 23.5 Å². The fourth-order valence-electron chi connectivity index (χ4n) is 4.08. The number of hydrogen-bond acceptors (Lipinski definition) is 5. The molecule has 2 aliphatic rings. The van der Waals surface area contributed by atoms with Crippen LogP contribution in [0.15, 0.2) is 42.9 Å². The lowest BCUT2D eigenvalue weighted by molar-refractivity contribution is -0.0921. The van der Waals surface area contributed by atoms with Crippen molar-refractivity contribution in [3.8, 4) is 5.69 Å². The van der Waals surface area contributed by atoms with Crippen LogP contribution >= 0.6 is 0 Å². The molecular weight excluding hydrogens is 420 g/mol. The van der Waals surface area contributed by atoms with Crippen LogP contribution in [0.25, 0.3) is 16.7 Å². The molecule has 10 heteroatoms. The summed E-state index contributed by atoms with van der Waals surface area (Å²) in [5.41, 5.74) is 1.75. The lowest BCUT2D eigenvalue weighted by atomic mass is 9.95. The molecule has 2 aliphatic heterocycles. The van der Waals surface area contributed by atoms with E-state index >= 15 is 0 Å². The highest BCUT2D eigenvalue weighted by atomic mass is 19.3. The van der Waals surface area contributed by atoms with E-state index in [-0.39, 0.29) is 25.4 Å². The smallest absolute Gasteiger partial charge is 0.415 e. The minimum absolute atomic E-state index is 0.0213. The van der Waals surface area contributed by atoms with Gasteiger partial charge in [-0.05, 0) is 24.3 Å². The third-order valence-electron chi connectivity index (χ3n) is 6.04. The molecule has 0 bridgehead atoms. The third-order valence-corrected chi connectivity index (χ3v) is 6.04. The van der Waals surface area contributed by atoms with Gasteiger partial charge in [-0.3, -0.25) is 14.3 Å². The number of aromatic nitrogens is 3. The molecule has 0 saturated carbocycles. The number of ether oxygens (including phenoxy) is 1. The number of likely N-dealkylation sites (tertiary alicyclic amines) is 1. The normalized spacial score (nSPS) is 20.6. The predicted molar refractivity (Wildman–Crippen MR) is 112 cm³/mol. The summed E-state index contributed by atoms with van der Waals surface area (Å²) < 4.78 is 34.3. The van der Waals surface area contributed by atoms with E-state index in [2.05, 4.69) is 9.97 Å². The van der Waals surface area contributed by atoms with Crippen molar-refractivity contribution in [1.82, 2.24) is 19.4 Å². The number of carbonyl (C=O) groups is 2. The molecule has 166 valence electrons. The number of cyclic esters (lactones) is 1.